The average molecular weight is 316 g/mol. The molecule has 1 N–H and O–H groups in total. The standard InChI is InChI=1S/C16H24N6O/c1-4-21(5-2)16-19-13(3)12-14(20-16)15(23)17-8-6-10-22-11-7-9-18-22/h7,9,11-12H,4-6,8,10H2,1-3H3,(H,17,23). The number of aromatic nitrogens is 4. The molecule has 0 aliphatic rings. The molecule has 1 amide bonds. The van der Waals surface area contributed by atoms with Crippen molar-refractivity contribution < 1.29 is 4.79 Å². The van der Waals surface area contributed by atoms with Crippen LogP contribution < -0.4 is 10.2 Å². The molecule has 0 bridgehead atoms. The lowest BCUT2D eigenvalue weighted by Gasteiger charge is -2.19. The van der Waals surface area contributed by atoms with Gasteiger partial charge in [0.1, 0.15) is 5.69 Å². The molecule has 0 aliphatic carbocycles. The minimum absolute atomic E-state index is 0.163. The summed E-state index contributed by atoms with van der Waals surface area (Å²) in [6.45, 7) is 8.95. The largest absolute Gasteiger partial charge is 0.351 e. The first-order chi connectivity index (χ1) is 11.1. The number of nitrogens with zero attached hydrogens (tertiary/aromatic N) is 5. The Hall–Kier alpha value is -2.44. The number of hydrogen-bond donors (Lipinski definition) is 1. The molecule has 0 atom stereocenters. The lowest BCUT2D eigenvalue weighted by atomic mass is 10.3. The van der Waals surface area contributed by atoms with Gasteiger partial charge in [-0.25, -0.2) is 9.97 Å². The topological polar surface area (TPSA) is 75.9 Å². The monoisotopic (exact) mass is 316 g/mol. The molecule has 0 aliphatic heterocycles. The predicted octanol–water partition coefficient (Wildman–Crippen LogP) is 1.65. The minimum Gasteiger partial charge on any atom is -0.351 e. The summed E-state index contributed by atoms with van der Waals surface area (Å²) in [5, 5.41) is 7.03. The van der Waals surface area contributed by atoms with Crippen LogP contribution in [0.3, 0.4) is 0 Å². The van der Waals surface area contributed by atoms with E-state index < -0.39 is 0 Å². The van der Waals surface area contributed by atoms with Crippen LogP contribution in [0, 0.1) is 6.92 Å². The van der Waals surface area contributed by atoms with E-state index in [1.54, 1.807) is 12.3 Å². The van der Waals surface area contributed by atoms with Crippen LogP contribution in [0.1, 0.15) is 36.5 Å². The molecule has 0 radical (unpaired) electrons. The van der Waals surface area contributed by atoms with E-state index in [-0.39, 0.29) is 5.91 Å². The van der Waals surface area contributed by atoms with E-state index in [2.05, 4.69) is 20.4 Å². The Balaban J connectivity index is 1.93. The normalized spacial score (nSPS) is 10.6. The number of hydrogen-bond acceptors (Lipinski definition) is 5. The van der Waals surface area contributed by atoms with E-state index in [4.69, 9.17) is 0 Å². The van der Waals surface area contributed by atoms with Crippen LogP contribution in [0.5, 0.6) is 0 Å². The Morgan fingerprint density at radius 3 is 2.74 bits per heavy atom. The number of carbonyl (C=O) groups is 1. The van der Waals surface area contributed by atoms with Crippen LogP contribution >= 0.6 is 0 Å². The fraction of sp³-hybridized carbons (Fsp3) is 0.500. The third kappa shape index (κ3) is 4.77. The second-order valence-electron chi connectivity index (χ2n) is 5.25. The van der Waals surface area contributed by atoms with E-state index in [0.29, 0.717) is 18.2 Å². The lowest BCUT2D eigenvalue weighted by Crippen LogP contribution is -2.29. The summed E-state index contributed by atoms with van der Waals surface area (Å²) < 4.78 is 1.85. The van der Waals surface area contributed by atoms with E-state index in [0.717, 1.165) is 31.7 Å². The van der Waals surface area contributed by atoms with E-state index in [1.165, 1.54) is 0 Å². The van der Waals surface area contributed by atoms with Gasteiger partial charge in [-0.3, -0.25) is 9.48 Å². The zero-order chi connectivity index (χ0) is 16.7. The molecule has 7 nitrogen and oxygen atoms in total. The van der Waals surface area contributed by atoms with Gasteiger partial charge in [-0.05, 0) is 39.3 Å². The Kier molecular flexibility index (Phi) is 6.08. The second kappa shape index (κ2) is 8.26. The van der Waals surface area contributed by atoms with Crippen LogP contribution in [-0.4, -0.2) is 45.3 Å². The first kappa shape index (κ1) is 16.9. The van der Waals surface area contributed by atoms with Gasteiger partial charge in [0.2, 0.25) is 5.95 Å². The Bertz CT molecular complexity index is 622. The van der Waals surface area contributed by atoms with Gasteiger partial charge in [0.05, 0.1) is 0 Å². The fourth-order valence-electron chi connectivity index (χ4n) is 2.28. The minimum atomic E-state index is -0.163. The number of nitrogens with one attached hydrogen (secondary N) is 1. The zero-order valence-electron chi connectivity index (χ0n) is 14.0. The van der Waals surface area contributed by atoms with E-state index in [1.807, 2.05) is 42.6 Å². The summed E-state index contributed by atoms with van der Waals surface area (Å²) in [4.78, 5) is 23.1. The van der Waals surface area contributed by atoms with Crippen LogP contribution in [0.15, 0.2) is 24.5 Å². The molecular formula is C16H24N6O. The van der Waals surface area contributed by atoms with Crippen molar-refractivity contribution in [2.24, 2.45) is 0 Å². The van der Waals surface area contributed by atoms with Crippen LogP contribution in [0.25, 0.3) is 0 Å². The summed E-state index contributed by atoms with van der Waals surface area (Å²) in [6.07, 6.45) is 4.48. The molecule has 2 rings (SSSR count). The molecule has 124 valence electrons. The van der Waals surface area contributed by atoms with Crippen LogP contribution in [-0.2, 0) is 6.54 Å². The predicted molar refractivity (Wildman–Crippen MR) is 89.5 cm³/mol. The molecule has 7 heteroatoms. The smallest absolute Gasteiger partial charge is 0.270 e. The summed E-state index contributed by atoms with van der Waals surface area (Å²) in [6, 6.07) is 3.60. The van der Waals surface area contributed by atoms with Gasteiger partial charge in [0, 0.05) is 44.3 Å². The molecule has 0 aromatic carbocycles. The van der Waals surface area contributed by atoms with Gasteiger partial charge in [-0.1, -0.05) is 0 Å². The van der Waals surface area contributed by atoms with Gasteiger partial charge in [0.15, 0.2) is 0 Å². The molecule has 2 aromatic heterocycles. The van der Waals surface area contributed by atoms with Gasteiger partial charge < -0.3 is 10.2 Å². The van der Waals surface area contributed by atoms with Crippen molar-refractivity contribution in [3.05, 3.63) is 35.9 Å². The van der Waals surface area contributed by atoms with E-state index >= 15 is 0 Å². The van der Waals surface area contributed by atoms with Crippen molar-refractivity contribution in [1.82, 2.24) is 25.1 Å². The SMILES string of the molecule is CCN(CC)c1nc(C)cc(C(=O)NCCCn2cccn2)n1. The highest BCUT2D eigenvalue weighted by Gasteiger charge is 2.13. The quantitative estimate of drug-likeness (QED) is 0.749. The maximum absolute atomic E-state index is 12.3. The highest BCUT2D eigenvalue weighted by atomic mass is 16.1. The van der Waals surface area contributed by atoms with Crippen LogP contribution in [0.4, 0.5) is 5.95 Å². The Morgan fingerprint density at radius 1 is 1.30 bits per heavy atom. The summed E-state index contributed by atoms with van der Waals surface area (Å²) in [7, 11) is 0. The highest BCUT2D eigenvalue weighted by molar-refractivity contribution is 5.92. The third-order valence-corrected chi connectivity index (χ3v) is 3.53. The Morgan fingerprint density at radius 2 is 2.09 bits per heavy atom. The summed E-state index contributed by atoms with van der Waals surface area (Å²) in [5.41, 5.74) is 1.21. The molecule has 0 fully saturated rings. The van der Waals surface area contributed by atoms with Gasteiger partial charge in [-0.15, -0.1) is 0 Å². The van der Waals surface area contributed by atoms with Crippen molar-refractivity contribution >= 4 is 11.9 Å². The summed E-state index contributed by atoms with van der Waals surface area (Å²) >= 11 is 0. The molecule has 0 spiro atoms. The number of rotatable bonds is 8. The van der Waals surface area contributed by atoms with Crippen molar-refractivity contribution in [3.63, 3.8) is 0 Å². The first-order valence-corrected chi connectivity index (χ1v) is 8.00. The zero-order valence-corrected chi connectivity index (χ0v) is 14.0. The number of carbonyl (C=O) groups excluding carboxylic acids is 1. The maximum atomic E-state index is 12.3. The van der Waals surface area contributed by atoms with Gasteiger partial charge in [-0.2, -0.15) is 5.10 Å². The fourth-order valence-corrected chi connectivity index (χ4v) is 2.28. The summed E-state index contributed by atoms with van der Waals surface area (Å²) in [5.74, 6) is 0.445. The lowest BCUT2D eigenvalue weighted by molar-refractivity contribution is 0.0947. The number of amides is 1. The van der Waals surface area contributed by atoms with E-state index in [9.17, 15) is 4.79 Å². The van der Waals surface area contributed by atoms with Gasteiger partial charge in [0.25, 0.3) is 5.91 Å². The molecule has 0 saturated carbocycles. The van der Waals surface area contributed by atoms with Crippen molar-refractivity contribution in [2.75, 3.05) is 24.5 Å². The van der Waals surface area contributed by atoms with Crippen molar-refractivity contribution in [2.45, 2.75) is 33.7 Å². The molecular weight excluding hydrogens is 292 g/mol. The molecule has 0 unspecified atom stereocenters. The number of aryl methyl sites for hydroxylation is 2. The molecule has 0 saturated heterocycles. The highest BCUT2D eigenvalue weighted by Crippen LogP contribution is 2.10. The molecule has 23 heavy (non-hydrogen) atoms. The number of anilines is 1. The second-order valence-corrected chi connectivity index (χ2v) is 5.25. The van der Waals surface area contributed by atoms with Gasteiger partial charge >= 0.3 is 0 Å². The van der Waals surface area contributed by atoms with Crippen LogP contribution in [0.2, 0.25) is 0 Å². The molecule has 2 aromatic rings. The third-order valence-electron chi connectivity index (χ3n) is 3.53. The average Bonchev–Trinajstić information content (AvgIpc) is 3.05. The Labute approximate surface area is 136 Å². The van der Waals surface area contributed by atoms with Crippen molar-refractivity contribution in [3.8, 4) is 0 Å². The maximum Gasteiger partial charge on any atom is 0.270 e. The van der Waals surface area contributed by atoms with Crippen molar-refractivity contribution in [1.29, 1.82) is 0 Å². The first-order valence-electron chi connectivity index (χ1n) is 8.00. The molecule has 2 heterocycles.